The van der Waals surface area contributed by atoms with E-state index in [2.05, 4.69) is 15.4 Å². The van der Waals surface area contributed by atoms with E-state index in [1.807, 2.05) is 13.1 Å². The molecule has 0 aliphatic heterocycles. The van der Waals surface area contributed by atoms with E-state index in [1.54, 1.807) is 18.0 Å². The van der Waals surface area contributed by atoms with Gasteiger partial charge >= 0.3 is 0 Å². The van der Waals surface area contributed by atoms with Crippen LogP contribution in [0.15, 0.2) is 24.5 Å². The molecule has 0 saturated heterocycles. The molecule has 0 bridgehead atoms. The van der Waals surface area contributed by atoms with Crippen molar-refractivity contribution in [3.63, 3.8) is 0 Å². The molecule has 6 heteroatoms. The third kappa shape index (κ3) is 3.04. The number of ether oxygens (including phenoxy) is 1. The van der Waals surface area contributed by atoms with Gasteiger partial charge in [-0.3, -0.25) is 4.98 Å². The van der Waals surface area contributed by atoms with Gasteiger partial charge in [0.15, 0.2) is 0 Å². The molecular formula is C12H15FN4O. The van der Waals surface area contributed by atoms with Crippen molar-refractivity contribution in [1.82, 2.24) is 20.1 Å². The molecule has 2 heterocycles. The van der Waals surface area contributed by atoms with Crippen molar-refractivity contribution >= 4 is 0 Å². The van der Waals surface area contributed by atoms with Crippen LogP contribution in [0.3, 0.4) is 0 Å². The van der Waals surface area contributed by atoms with Crippen LogP contribution in [0, 0.1) is 5.82 Å². The number of aromatic nitrogens is 3. The molecule has 0 fully saturated rings. The number of halogens is 1. The van der Waals surface area contributed by atoms with Gasteiger partial charge in [0.1, 0.15) is 5.82 Å². The molecule has 0 aliphatic rings. The van der Waals surface area contributed by atoms with Crippen molar-refractivity contribution in [2.24, 2.45) is 7.05 Å². The van der Waals surface area contributed by atoms with E-state index in [0.29, 0.717) is 19.0 Å². The zero-order valence-electron chi connectivity index (χ0n) is 10.4. The lowest BCUT2D eigenvalue weighted by atomic mass is 10.3. The first-order valence-corrected chi connectivity index (χ1v) is 5.56. The molecule has 0 amide bonds. The first-order chi connectivity index (χ1) is 8.69. The molecule has 0 atom stereocenters. The fourth-order valence-corrected chi connectivity index (χ4v) is 1.67. The summed E-state index contributed by atoms with van der Waals surface area (Å²) in [6, 6.07) is 3.32. The third-order valence-electron chi connectivity index (χ3n) is 2.49. The summed E-state index contributed by atoms with van der Waals surface area (Å²) in [5.74, 6) is 0.382. The number of aryl methyl sites for hydroxylation is 1. The Kier molecular flexibility index (Phi) is 3.88. The molecule has 0 spiro atoms. The Balaban J connectivity index is 1.88. The minimum atomic E-state index is -0.325. The summed E-state index contributed by atoms with van der Waals surface area (Å²) >= 11 is 0. The van der Waals surface area contributed by atoms with Crippen LogP contribution in [0.25, 0.3) is 0 Å². The number of hydrogen-bond acceptors (Lipinski definition) is 4. The minimum absolute atomic E-state index is 0.325. The van der Waals surface area contributed by atoms with E-state index < -0.39 is 0 Å². The second-order valence-corrected chi connectivity index (χ2v) is 3.92. The number of nitrogens with zero attached hydrogens (tertiary/aromatic N) is 3. The highest BCUT2D eigenvalue weighted by Gasteiger charge is 2.04. The lowest BCUT2D eigenvalue weighted by Gasteiger charge is -2.02. The van der Waals surface area contributed by atoms with Gasteiger partial charge in [0.25, 0.3) is 0 Å². The molecule has 0 aromatic carbocycles. The molecule has 0 aliphatic carbocycles. The smallest absolute Gasteiger partial charge is 0.211 e. The van der Waals surface area contributed by atoms with Crippen molar-refractivity contribution in [2.75, 3.05) is 7.11 Å². The zero-order chi connectivity index (χ0) is 13.0. The van der Waals surface area contributed by atoms with Gasteiger partial charge in [-0.05, 0) is 11.6 Å². The fourth-order valence-electron chi connectivity index (χ4n) is 1.67. The highest BCUT2D eigenvalue weighted by Crippen LogP contribution is 2.10. The lowest BCUT2D eigenvalue weighted by Crippen LogP contribution is -2.13. The molecule has 0 radical (unpaired) electrons. The molecule has 1 N–H and O–H groups in total. The summed E-state index contributed by atoms with van der Waals surface area (Å²) in [6.07, 6.45) is 2.82. The van der Waals surface area contributed by atoms with Gasteiger partial charge in [-0.1, -0.05) is 0 Å². The Morgan fingerprint density at radius 1 is 1.33 bits per heavy atom. The second-order valence-electron chi connectivity index (χ2n) is 3.92. The fraction of sp³-hybridized carbons (Fsp3) is 0.333. The highest BCUT2D eigenvalue weighted by molar-refractivity contribution is 5.16. The van der Waals surface area contributed by atoms with Gasteiger partial charge in [-0.25, -0.2) is 9.07 Å². The van der Waals surface area contributed by atoms with E-state index in [4.69, 9.17) is 4.74 Å². The van der Waals surface area contributed by atoms with Gasteiger partial charge in [0, 0.05) is 32.4 Å². The zero-order valence-corrected chi connectivity index (χ0v) is 10.4. The average molecular weight is 250 g/mol. The SMILES string of the molecule is COc1cc(CNCc2cncc(F)c2)nn1C. The Labute approximate surface area is 105 Å². The van der Waals surface area contributed by atoms with Crippen molar-refractivity contribution in [3.8, 4) is 5.88 Å². The number of nitrogens with one attached hydrogen (secondary N) is 1. The summed E-state index contributed by atoms with van der Waals surface area (Å²) in [6.45, 7) is 1.14. The monoisotopic (exact) mass is 250 g/mol. The van der Waals surface area contributed by atoms with Gasteiger partial charge in [0.2, 0.25) is 5.88 Å². The first kappa shape index (κ1) is 12.5. The van der Waals surface area contributed by atoms with Crippen molar-refractivity contribution in [3.05, 3.63) is 41.6 Å². The molecule has 5 nitrogen and oxygen atoms in total. The third-order valence-corrected chi connectivity index (χ3v) is 2.49. The van der Waals surface area contributed by atoms with Gasteiger partial charge in [0.05, 0.1) is 19.0 Å². The maximum Gasteiger partial charge on any atom is 0.211 e. The Bertz CT molecular complexity index is 527. The number of methoxy groups -OCH3 is 1. The number of rotatable bonds is 5. The van der Waals surface area contributed by atoms with Crippen LogP contribution in [0.2, 0.25) is 0 Å². The van der Waals surface area contributed by atoms with Crippen LogP contribution < -0.4 is 10.1 Å². The summed E-state index contributed by atoms with van der Waals surface area (Å²) in [5, 5.41) is 7.44. The van der Waals surface area contributed by atoms with Gasteiger partial charge in [-0.2, -0.15) is 5.10 Å². The summed E-state index contributed by atoms with van der Waals surface area (Å²) in [4.78, 5) is 3.79. The maximum absolute atomic E-state index is 12.9. The number of pyridine rings is 1. The standard InChI is InChI=1S/C12H15FN4O/c1-17-12(18-2)4-11(16-17)8-15-6-9-3-10(13)7-14-5-9/h3-5,7,15H,6,8H2,1-2H3. The molecule has 0 saturated carbocycles. The van der Waals surface area contributed by atoms with E-state index in [-0.39, 0.29) is 5.82 Å². The Morgan fingerprint density at radius 2 is 2.17 bits per heavy atom. The van der Waals surface area contributed by atoms with E-state index in [9.17, 15) is 4.39 Å². The second kappa shape index (κ2) is 5.59. The molecule has 0 unspecified atom stereocenters. The predicted molar refractivity (Wildman–Crippen MR) is 64.5 cm³/mol. The Hall–Kier alpha value is -1.95. The summed E-state index contributed by atoms with van der Waals surface area (Å²) < 4.78 is 19.7. The van der Waals surface area contributed by atoms with Crippen LogP contribution in [0.1, 0.15) is 11.3 Å². The van der Waals surface area contributed by atoms with Crippen LogP contribution >= 0.6 is 0 Å². The van der Waals surface area contributed by atoms with Crippen molar-refractivity contribution in [2.45, 2.75) is 13.1 Å². The predicted octanol–water partition coefficient (Wildman–Crippen LogP) is 1.25. The quantitative estimate of drug-likeness (QED) is 0.867. The van der Waals surface area contributed by atoms with Gasteiger partial charge in [-0.15, -0.1) is 0 Å². The molecular weight excluding hydrogens is 235 g/mol. The first-order valence-electron chi connectivity index (χ1n) is 5.56. The summed E-state index contributed by atoms with van der Waals surface area (Å²) in [7, 11) is 3.42. The van der Waals surface area contributed by atoms with Gasteiger partial charge < -0.3 is 10.1 Å². The van der Waals surface area contributed by atoms with Crippen LogP contribution in [-0.4, -0.2) is 21.9 Å². The maximum atomic E-state index is 12.9. The summed E-state index contributed by atoms with van der Waals surface area (Å²) in [5.41, 5.74) is 1.68. The highest BCUT2D eigenvalue weighted by atomic mass is 19.1. The van der Waals surface area contributed by atoms with Crippen LogP contribution in [0.4, 0.5) is 4.39 Å². The Morgan fingerprint density at radius 3 is 2.83 bits per heavy atom. The van der Waals surface area contributed by atoms with Crippen LogP contribution in [0.5, 0.6) is 5.88 Å². The van der Waals surface area contributed by atoms with E-state index >= 15 is 0 Å². The molecule has 2 aromatic heterocycles. The normalized spacial score (nSPS) is 10.6. The topological polar surface area (TPSA) is 52.0 Å². The lowest BCUT2D eigenvalue weighted by molar-refractivity contribution is 0.373. The molecule has 18 heavy (non-hydrogen) atoms. The molecule has 96 valence electrons. The van der Waals surface area contributed by atoms with E-state index in [0.717, 1.165) is 11.3 Å². The van der Waals surface area contributed by atoms with Crippen molar-refractivity contribution in [1.29, 1.82) is 0 Å². The van der Waals surface area contributed by atoms with E-state index in [1.165, 1.54) is 12.3 Å². The largest absolute Gasteiger partial charge is 0.481 e. The average Bonchev–Trinajstić information content (AvgIpc) is 2.70. The molecule has 2 aromatic rings. The van der Waals surface area contributed by atoms with Crippen molar-refractivity contribution < 1.29 is 9.13 Å². The molecule has 2 rings (SSSR count). The number of hydrogen-bond donors (Lipinski definition) is 1. The minimum Gasteiger partial charge on any atom is -0.481 e. The van der Waals surface area contributed by atoms with Crippen LogP contribution in [-0.2, 0) is 20.1 Å².